The maximum absolute atomic E-state index is 6.69. The second kappa shape index (κ2) is 16.4. The predicted molar refractivity (Wildman–Crippen MR) is 322 cm³/mol. The van der Waals surface area contributed by atoms with Gasteiger partial charge in [0.05, 0.1) is 5.41 Å². The van der Waals surface area contributed by atoms with Gasteiger partial charge >= 0.3 is 0 Å². The van der Waals surface area contributed by atoms with Crippen LogP contribution in [0, 0.1) is 0 Å². The van der Waals surface area contributed by atoms with Crippen LogP contribution in [-0.4, -0.2) is 0 Å². The summed E-state index contributed by atoms with van der Waals surface area (Å²) in [6.45, 7) is 13.5. The van der Waals surface area contributed by atoms with Crippen LogP contribution >= 0.6 is 0 Å². The van der Waals surface area contributed by atoms with Crippen LogP contribution in [0.3, 0.4) is 0 Å². The molecule has 4 heteroatoms. The van der Waals surface area contributed by atoms with E-state index < -0.39 is 5.41 Å². The number of nitrogens with zero attached hydrogens (tertiary/aromatic N) is 2. The molecule has 0 aliphatic heterocycles. The number of anilines is 6. The fraction of sp³-hybridized carbons (Fsp3) is 0.123. The number of rotatable bonds is 6. The van der Waals surface area contributed by atoms with Crippen LogP contribution in [0.4, 0.5) is 34.1 Å². The van der Waals surface area contributed by atoms with Gasteiger partial charge in [-0.1, -0.05) is 175 Å². The lowest BCUT2D eigenvalue weighted by Gasteiger charge is -2.32. The summed E-state index contributed by atoms with van der Waals surface area (Å²) in [4.78, 5) is 4.81. The first-order chi connectivity index (χ1) is 37.4. The van der Waals surface area contributed by atoms with E-state index in [0.717, 1.165) is 78.0 Å². The third-order valence-electron chi connectivity index (χ3n) is 16.7. The van der Waals surface area contributed by atoms with Crippen molar-refractivity contribution in [1.82, 2.24) is 0 Å². The van der Waals surface area contributed by atoms with E-state index in [1.165, 1.54) is 66.4 Å². The number of fused-ring (bicyclic) bond motifs is 17. The van der Waals surface area contributed by atoms with Crippen molar-refractivity contribution in [3.63, 3.8) is 0 Å². The van der Waals surface area contributed by atoms with Crippen molar-refractivity contribution in [2.24, 2.45) is 0 Å². The fourth-order valence-electron chi connectivity index (χ4n) is 13.2. The Balaban J connectivity index is 0.931. The van der Waals surface area contributed by atoms with E-state index in [4.69, 9.17) is 8.83 Å². The molecule has 15 rings (SSSR count). The van der Waals surface area contributed by atoms with Crippen molar-refractivity contribution >= 4 is 88.8 Å². The molecule has 2 aromatic heterocycles. The molecule has 2 aliphatic carbocycles. The molecule has 1 spiro atoms. The molecule has 0 saturated carbocycles. The van der Waals surface area contributed by atoms with Crippen molar-refractivity contribution in [2.45, 2.75) is 57.8 Å². The first-order valence-corrected chi connectivity index (χ1v) is 27.0. The summed E-state index contributed by atoms with van der Waals surface area (Å²) >= 11 is 0. The lowest BCUT2D eigenvalue weighted by Crippen LogP contribution is -2.26. The van der Waals surface area contributed by atoms with E-state index in [-0.39, 0.29) is 10.8 Å². The standard InChI is InChI=1S/C73H56N2O2/c1-71(2,3)63-29-17-25-56-59-42-50(34-37-67(59)76-69(56)63)74(47-19-9-7-10-20-47)49-32-31-45-40-58-55-36-33-52(44-66(55)73(65(58)41-46(45)39-49)61-27-15-13-23-53(61)54-24-14-16-28-62(54)73)75(48-21-11-8-12-22-48)51-35-38-68-60(43-51)57-26-18-30-64(70(57)77-68)72(4,5)6/h7-44H,1-6H3. The molecule has 4 nitrogen and oxygen atoms in total. The van der Waals surface area contributed by atoms with E-state index in [1.54, 1.807) is 0 Å². The Morgan fingerprint density at radius 1 is 0.299 bits per heavy atom. The molecule has 2 heterocycles. The molecule has 0 atom stereocenters. The predicted octanol–water partition coefficient (Wildman–Crippen LogP) is 20.5. The summed E-state index contributed by atoms with van der Waals surface area (Å²) < 4.78 is 13.4. The molecule has 0 fully saturated rings. The van der Waals surface area contributed by atoms with E-state index in [2.05, 4.69) is 282 Å². The molecule has 0 unspecified atom stereocenters. The van der Waals surface area contributed by atoms with Gasteiger partial charge in [0.1, 0.15) is 22.3 Å². The third kappa shape index (κ3) is 6.71. The molecule has 0 radical (unpaired) electrons. The Bertz CT molecular complexity index is 4500. The summed E-state index contributed by atoms with van der Waals surface area (Å²) in [6.07, 6.45) is 0. The lowest BCUT2D eigenvalue weighted by molar-refractivity contribution is 0.572. The number of hydrogen-bond acceptors (Lipinski definition) is 4. The van der Waals surface area contributed by atoms with Crippen LogP contribution in [-0.2, 0) is 16.2 Å². The van der Waals surface area contributed by atoms with Gasteiger partial charge in [0, 0.05) is 66.8 Å². The molecule has 370 valence electrons. The lowest BCUT2D eigenvalue weighted by atomic mass is 9.70. The molecular formula is C73H56N2O2. The SMILES string of the molecule is CC(C)(C)c1cccc2c1oc1ccc(N(c3ccccc3)c3ccc4c(c3)C3(c5ccccc5-c5ccccc53)c3cc5cc(N(c6ccccc6)c6ccc7oc8c(C(C)(C)C)cccc8c7c6)ccc5cc3-4)cc12. The van der Waals surface area contributed by atoms with Gasteiger partial charge in [-0.25, -0.2) is 0 Å². The third-order valence-corrected chi connectivity index (χ3v) is 16.7. The van der Waals surface area contributed by atoms with Gasteiger partial charge < -0.3 is 18.6 Å². The second-order valence-electron chi connectivity index (χ2n) is 23.3. The van der Waals surface area contributed by atoms with E-state index in [0.29, 0.717) is 0 Å². The fourth-order valence-corrected chi connectivity index (χ4v) is 13.2. The summed E-state index contributed by atoms with van der Waals surface area (Å²) in [7, 11) is 0. The zero-order valence-electron chi connectivity index (χ0n) is 44.2. The number of benzene rings is 11. The highest BCUT2D eigenvalue weighted by Gasteiger charge is 2.52. The molecule has 2 aliphatic rings. The molecule has 0 amide bonds. The Morgan fingerprint density at radius 2 is 0.740 bits per heavy atom. The van der Waals surface area contributed by atoms with Crippen molar-refractivity contribution in [1.29, 1.82) is 0 Å². The molecule has 0 N–H and O–H groups in total. The van der Waals surface area contributed by atoms with E-state index in [9.17, 15) is 0 Å². The largest absolute Gasteiger partial charge is 0.456 e. The smallest absolute Gasteiger partial charge is 0.139 e. The van der Waals surface area contributed by atoms with Crippen molar-refractivity contribution in [3.8, 4) is 22.3 Å². The van der Waals surface area contributed by atoms with Crippen molar-refractivity contribution in [2.75, 3.05) is 9.80 Å². The highest BCUT2D eigenvalue weighted by molar-refractivity contribution is 6.10. The average Bonchev–Trinajstić information content (AvgIpc) is 4.07. The molecule has 0 saturated heterocycles. The minimum atomic E-state index is -0.590. The minimum absolute atomic E-state index is 0.0609. The van der Waals surface area contributed by atoms with Gasteiger partial charge in [0.2, 0.25) is 0 Å². The Kier molecular flexibility index (Phi) is 9.67. The van der Waals surface area contributed by atoms with Crippen LogP contribution in [0.1, 0.15) is 74.9 Å². The topological polar surface area (TPSA) is 32.8 Å². The summed E-state index contributed by atoms with van der Waals surface area (Å²) in [6, 6.07) is 85.4. The first-order valence-electron chi connectivity index (χ1n) is 27.0. The first kappa shape index (κ1) is 45.3. The van der Waals surface area contributed by atoms with Crippen LogP contribution in [0.5, 0.6) is 0 Å². The van der Waals surface area contributed by atoms with Gasteiger partial charge in [-0.05, 0) is 163 Å². The molecule has 13 aromatic rings. The maximum Gasteiger partial charge on any atom is 0.139 e. The van der Waals surface area contributed by atoms with Gasteiger partial charge in [0.25, 0.3) is 0 Å². The quantitative estimate of drug-likeness (QED) is 0.166. The van der Waals surface area contributed by atoms with Crippen LogP contribution in [0.25, 0.3) is 76.9 Å². The molecular weight excluding hydrogens is 937 g/mol. The van der Waals surface area contributed by atoms with Crippen molar-refractivity contribution < 1.29 is 8.83 Å². The number of hydrogen-bond donors (Lipinski definition) is 0. The molecule has 11 aromatic carbocycles. The Labute approximate surface area is 449 Å². The van der Waals surface area contributed by atoms with Gasteiger partial charge in [0.15, 0.2) is 0 Å². The van der Waals surface area contributed by atoms with E-state index in [1.807, 2.05) is 0 Å². The number of para-hydroxylation sites is 4. The zero-order chi connectivity index (χ0) is 52.0. The normalized spacial score (nSPS) is 13.4. The molecule has 0 bridgehead atoms. The molecule has 77 heavy (non-hydrogen) atoms. The Hall–Kier alpha value is -9.12. The van der Waals surface area contributed by atoms with Crippen LogP contribution in [0.2, 0.25) is 0 Å². The van der Waals surface area contributed by atoms with Gasteiger partial charge in [-0.2, -0.15) is 0 Å². The number of furan rings is 2. The van der Waals surface area contributed by atoms with Crippen LogP contribution < -0.4 is 9.80 Å². The highest BCUT2D eigenvalue weighted by atomic mass is 16.3. The highest BCUT2D eigenvalue weighted by Crippen LogP contribution is 2.64. The monoisotopic (exact) mass is 992 g/mol. The maximum atomic E-state index is 6.69. The van der Waals surface area contributed by atoms with Gasteiger partial charge in [-0.3, -0.25) is 0 Å². The van der Waals surface area contributed by atoms with Crippen molar-refractivity contribution in [3.05, 3.63) is 264 Å². The summed E-state index contributed by atoms with van der Waals surface area (Å²) in [5.41, 5.74) is 22.2. The minimum Gasteiger partial charge on any atom is -0.456 e. The van der Waals surface area contributed by atoms with E-state index >= 15 is 0 Å². The van der Waals surface area contributed by atoms with Gasteiger partial charge in [-0.15, -0.1) is 0 Å². The summed E-state index contributed by atoms with van der Waals surface area (Å²) in [5, 5.41) is 6.86. The summed E-state index contributed by atoms with van der Waals surface area (Å²) in [5.74, 6) is 0. The van der Waals surface area contributed by atoms with Crippen LogP contribution in [0.15, 0.2) is 239 Å². The average molecular weight is 993 g/mol. The zero-order valence-corrected chi connectivity index (χ0v) is 44.2. The second-order valence-corrected chi connectivity index (χ2v) is 23.3. The Morgan fingerprint density at radius 3 is 1.27 bits per heavy atom.